The fraction of sp³-hybridized carbons (Fsp3) is 0.333. The van der Waals surface area contributed by atoms with Crippen molar-refractivity contribution in [3.63, 3.8) is 0 Å². The number of nitrogens with two attached hydrogens (primary N) is 1. The van der Waals surface area contributed by atoms with Crippen LogP contribution in [-0.4, -0.2) is 30.1 Å². The molecule has 1 saturated heterocycles. The molecule has 0 atom stereocenters. The van der Waals surface area contributed by atoms with Gasteiger partial charge in [0.15, 0.2) is 11.6 Å². The Morgan fingerprint density at radius 1 is 1.10 bits per heavy atom. The van der Waals surface area contributed by atoms with E-state index in [9.17, 15) is 0 Å². The topological polar surface area (TPSA) is 58.3 Å². The number of nitrogen functional groups attached to an aromatic ring is 1. The summed E-state index contributed by atoms with van der Waals surface area (Å²) in [6, 6.07) is 10.1. The van der Waals surface area contributed by atoms with E-state index in [0.717, 1.165) is 30.4 Å². The highest BCUT2D eigenvalue weighted by molar-refractivity contribution is 5.79. The van der Waals surface area contributed by atoms with Crippen LogP contribution in [0.1, 0.15) is 12.8 Å². The van der Waals surface area contributed by atoms with Crippen molar-refractivity contribution in [1.29, 1.82) is 0 Å². The number of benzene rings is 1. The van der Waals surface area contributed by atoms with Gasteiger partial charge >= 0.3 is 0 Å². The molecule has 5 nitrogen and oxygen atoms in total. The molecule has 0 spiro atoms. The summed E-state index contributed by atoms with van der Waals surface area (Å²) in [6.07, 6.45) is 4.00. The monoisotopic (exact) mass is 269 g/mol. The van der Waals surface area contributed by atoms with E-state index >= 15 is 0 Å². The van der Waals surface area contributed by atoms with Crippen LogP contribution in [0.4, 0.5) is 23.0 Å². The lowest BCUT2D eigenvalue weighted by Gasteiger charge is -2.24. The average molecular weight is 269 g/mol. The summed E-state index contributed by atoms with van der Waals surface area (Å²) in [5.41, 5.74) is 8.01. The SMILES string of the molecule is CN(c1ccccc1)c1ncnc(N2CCCC2)c1N. The lowest BCUT2D eigenvalue weighted by atomic mass is 10.3. The predicted molar refractivity (Wildman–Crippen MR) is 82.4 cm³/mol. The molecule has 1 fully saturated rings. The van der Waals surface area contributed by atoms with Crippen LogP contribution in [0.15, 0.2) is 36.7 Å². The first-order chi connectivity index (χ1) is 9.77. The van der Waals surface area contributed by atoms with Gasteiger partial charge in [-0.2, -0.15) is 0 Å². The van der Waals surface area contributed by atoms with E-state index in [1.54, 1.807) is 6.33 Å². The summed E-state index contributed by atoms with van der Waals surface area (Å²) in [5, 5.41) is 0. The largest absolute Gasteiger partial charge is 0.393 e. The first-order valence-electron chi connectivity index (χ1n) is 6.91. The minimum atomic E-state index is 0.653. The minimum Gasteiger partial charge on any atom is -0.393 e. The van der Waals surface area contributed by atoms with Gasteiger partial charge in [0.1, 0.15) is 12.0 Å². The van der Waals surface area contributed by atoms with Crippen molar-refractivity contribution in [3.05, 3.63) is 36.7 Å². The van der Waals surface area contributed by atoms with Gasteiger partial charge < -0.3 is 15.5 Å². The van der Waals surface area contributed by atoms with Crippen molar-refractivity contribution in [1.82, 2.24) is 9.97 Å². The second-order valence-corrected chi connectivity index (χ2v) is 5.02. The molecular formula is C15H19N5. The van der Waals surface area contributed by atoms with Crippen LogP contribution in [0.3, 0.4) is 0 Å². The third kappa shape index (κ3) is 2.27. The van der Waals surface area contributed by atoms with Gasteiger partial charge in [0.05, 0.1) is 0 Å². The Balaban J connectivity index is 1.95. The molecule has 20 heavy (non-hydrogen) atoms. The number of anilines is 4. The second-order valence-electron chi connectivity index (χ2n) is 5.02. The molecule has 1 aromatic carbocycles. The van der Waals surface area contributed by atoms with Crippen molar-refractivity contribution in [2.24, 2.45) is 0 Å². The van der Waals surface area contributed by atoms with E-state index in [0.29, 0.717) is 5.69 Å². The molecule has 1 aliphatic heterocycles. The zero-order valence-electron chi connectivity index (χ0n) is 11.7. The zero-order chi connectivity index (χ0) is 13.9. The lowest BCUT2D eigenvalue weighted by molar-refractivity contribution is 0.926. The molecule has 2 heterocycles. The van der Waals surface area contributed by atoms with Crippen molar-refractivity contribution >= 4 is 23.0 Å². The maximum atomic E-state index is 6.29. The molecule has 1 aromatic heterocycles. The Hall–Kier alpha value is -2.30. The fourth-order valence-electron chi connectivity index (χ4n) is 2.60. The van der Waals surface area contributed by atoms with Gasteiger partial charge in [-0.3, -0.25) is 0 Å². The highest BCUT2D eigenvalue weighted by Gasteiger charge is 2.20. The molecule has 0 bridgehead atoms. The van der Waals surface area contributed by atoms with E-state index in [2.05, 4.69) is 14.9 Å². The molecule has 5 heteroatoms. The number of para-hydroxylation sites is 1. The van der Waals surface area contributed by atoms with Crippen LogP contribution in [0.2, 0.25) is 0 Å². The quantitative estimate of drug-likeness (QED) is 0.927. The molecule has 0 unspecified atom stereocenters. The Bertz CT molecular complexity index is 578. The summed E-state index contributed by atoms with van der Waals surface area (Å²) in [5.74, 6) is 1.61. The van der Waals surface area contributed by atoms with Crippen LogP contribution < -0.4 is 15.5 Å². The molecule has 0 radical (unpaired) electrons. The summed E-state index contributed by atoms with van der Waals surface area (Å²) in [7, 11) is 1.97. The molecule has 2 aromatic rings. The third-order valence-electron chi connectivity index (χ3n) is 3.71. The Labute approximate surface area is 119 Å². The Morgan fingerprint density at radius 3 is 2.50 bits per heavy atom. The second kappa shape index (κ2) is 5.36. The normalized spacial score (nSPS) is 14.6. The third-order valence-corrected chi connectivity index (χ3v) is 3.71. The van der Waals surface area contributed by atoms with Crippen LogP contribution in [0.5, 0.6) is 0 Å². The standard InChI is InChI=1S/C15H19N5/c1-19(12-7-3-2-4-8-12)14-13(16)15(18-11-17-14)20-9-5-6-10-20/h2-4,7-8,11H,5-6,9-10,16H2,1H3. The first kappa shape index (κ1) is 12.7. The summed E-state index contributed by atoms with van der Waals surface area (Å²) >= 11 is 0. The highest BCUT2D eigenvalue weighted by atomic mass is 15.2. The van der Waals surface area contributed by atoms with Gasteiger partial charge in [0, 0.05) is 25.8 Å². The maximum absolute atomic E-state index is 6.29. The molecule has 3 rings (SSSR count). The van der Waals surface area contributed by atoms with Gasteiger partial charge in [-0.25, -0.2) is 9.97 Å². The number of nitrogens with zero attached hydrogens (tertiary/aromatic N) is 4. The number of rotatable bonds is 3. The van der Waals surface area contributed by atoms with E-state index in [1.165, 1.54) is 12.8 Å². The fourth-order valence-corrected chi connectivity index (χ4v) is 2.60. The van der Waals surface area contributed by atoms with Gasteiger partial charge in [-0.05, 0) is 25.0 Å². The van der Waals surface area contributed by atoms with Crippen LogP contribution in [-0.2, 0) is 0 Å². The van der Waals surface area contributed by atoms with Crippen LogP contribution in [0, 0.1) is 0 Å². The number of aromatic nitrogens is 2. The van der Waals surface area contributed by atoms with Crippen molar-refractivity contribution < 1.29 is 0 Å². The molecule has 0 aliphatic carbocycles. The zero-order valence-corrected chi connectivity index (χ0v) is 11.7. The van der Waals surface area contributed by atoms with Gasteiger partial charge in [-0.1, -0.05) is 18.2 Å². The van der Waals surface area contributed by atoms with Crippen molar-refractivity contribution in [2.45, 2.75) is 12.8 Å². The van der Waals surface area contributed by atoms with Crippen molar-refractivity contribution in [2.75, 3.05) is 35.7 Å². The van der Waals surface area contributed by atoms with Crippen LogP contribution in [0.25, 0.3) is 0 Å². The summed E-state index contributed by atoms with van der Waals surface area (Å²) < 4.78 is 0. The molecule has 104 valence electrons. The summed E-state index contributed by atoms with van der Waals surface area (Å²) in [4.78, 5) is 12.9. The smallest absolute Gasteiger partial charge is 0.161 e. The lowest BCUT2D eigenvalue weighted by Crippen LogP contribution is -2.22. The van der Waals surface area contributed by atoms with Gasteiger partial charge in [0.25, 0.3) is 0 Å². The molecular weight excluding hydrogens is 250 g/mol. The molecule has 0 amide bonds. The van der Waals surface area contributed by atoms with Crippen molar-refractivity contribution in [3.8, 4) is 0 Å². The van der Waals surface area contributed by atoms with Gasteiger partial charge in [0.2, 0.25) is 0 Å². The molecule has 0 saturated carbocycles. The van der Waals surface area contributed by atoms with E-state index in [1.807, 2.05) is 42.3 Å². The molecule has 1 aliphatic rings. The van der Waals surface area contributed by atoms with Crippen LogP contribution >= 0.6 is 0 Å². The molecule has 2 N–H and O–H groups in total. The predicted octanol–water partition coefficient (Wildman–Crippen LogP) is 2.43. The highest BCUT2D eigenvalue weighted by Crippen LogP contribution is 2.33. The maximum Gasteiger partial charge on any atom is 0.161 e. The van der Waals surface area contributed by atoms with E-state index in [-0.39, 0.29) is 0 Å². The van der Waals surface area contributed by atoms with Gasteiger partial charge in [-0.15, -0.1) is 0 Å². The number of hydrogen-bond acceptors (Lipinski definition) is 5. The average Bonchev–Trinajstić information content (AvgIpc) is 3.02. The first-order valence-corrected chi connectivity index (χ1v) is 6.91. The minimum absolute atomic E-state index is 0.653. The van der Waals surface area contributed by atoms with E-state index in [4.69, 9.17) is 5.73 Å². The Morgan fingerprint density at radius 2 is 1.80 bits per heavy atom. The summed E-state index contributed by atoms with van der Waals surface area (Å²) in [6.45, 7) is 2.05. The van der Waals surface area contributed by atoms with E-state index < -0.39 is 0 Å². The Kier molecular flexibility index (Phi) is 3.41. The number of hydrogen-bond donors (Lipinski definition) is 1.